The fourth-order valence-corrected chi connectivity index (χ4v) is 4.48. The summed E-state index contributed by atoms with van der Waals surface area (Å²) in [6, 6.07) is 6.59. The van der Waals surface area contributed by atoms with Gasteiger partial charge in [0.05, 0.1) is 0 Å². The van der Waals surface area contributed by atoms with Gasteiger partial charge in [-0.1, -0.05) is 18.0 Å². The van der Waals surface area contributed by atoms with Crippen LogP contribution in [0.15, 0.2) is 33.7 Å². The number of amides is 1. The Hall–Kier alpha value is -2.35. The molecule has 1 aliphatic rings. The SMILES string of the molecule is Cc1noc(C)c1S(=O)(=O)Nc1ccc(C(=O)NC2CCCC2)cc1. The van der Waals surface area contributed by atoms with Crippen LogP contribution in [-0.2, 0) is 10.0 Å². The molecule has 1 aromatic carbocycles. The number of sulfonamides is 1. The maximum Gasteiger partial charge on any atom is 0.267 e. The quantitative estimate of drug-likeness (QED) is 0.850. The normalized spacial score (nSPS) is 15.3. The Kier molecular flexibility index (Phi) is 4.80. The molecule has 0 radical (unpaired) electrons. The number of nitrogens with zero attached hydrogens (tertiary/aromatic N) is 1. The maximum atomic E-state index is 12.5. The van der Waals surface area contributed by atoms with E-state index in [-0.39, 0.29) is 22.6 Å². The molecular weight excluding hydrogens is 342 g/mol. The number of hydrogen-bond donors (Lipinski definition) is 2. The molecule has 1 aromatic heterocycles. The van der Waals surface area contributed by atoms with E-state index in [0.29, 0.717) is 16.9 Å². The number of rotatable bonds is 5. The fourth-order valence-electron chi connectivity index (χ4n) is 3.09. The molecule has 1 aliphatic carbocycles. The lowest BCUT2D eigenvalue weighted by molar-refractivity contribution is 0.0938. The predicted octanol–water partition coefficient (Wildman–Crippen LogP) is 2.76. The summed E-state index contributed by atoms with van der Waals surface area (Å²) < 4.78 is 32.3. The van der Waals surface area contributed by atoms with Gasteiger partial charge >= 0.3 is 0 Å². The molecule has 7 nitrogen and oxygen atoms in total. The van der Waals surface area contributed by atoms with E-state index in [1.807, 2.05) is 0 Å². The summed E-state index contributed by atoms with van der Waals surface area (Å²) in [7, 11) is -3.79. The molecule has 2 aromatic rings. The van der Waals surface area contributed by atoms with Crippen molar-refractivity contribution in [2.24, 2.45) is 0 Å². The first-order chi connectivity index (χ1) is 11.9. The average molecular weight is 363 g/mol. The van der Waals surface area contributed by atoms with Crippen LogP contribution in [0.25, 0.3) is 0 Å². The van der Waals surface area contributed by atoms with Gasteiger partial charge in [0, 0.05) is 17.3 Å². The van der Waals surface area contributed by atoms with Gasteiger partial charge in [0.15, 0.2) is 10.7 Å². The van der Waals surface area contributed by atoms with Crippen LogP contribution in [0, 0.1) is 13.8 Å². The van der Waals surface area contributed by atoms with E-state index >= 15 is 0 Å². The zero-order chi connectivity index (χ0) is 18.0. The molecule has 0 aliphatic heterocycles. The molecule has 3 rings (SSSR count). The van der Waals surface area contributed by atoms with Crippen LogP contribution in [0.4, 0.5) is 5.69 Å². The number of benzene rings is 1. The number of aryl methyl sites for hydroxylation is 2. The van der Waals surface area contributed by atoms with Crippen LogP contribution < -0.4 is 10.0 Å². The molecule has 1 heterocycles. The van der Waals surface area contributed by atoms with Gasteiger partial charge in [-0.15, -0.1) is 0 Å². The summed E-state index contributed by atoms with van der Waals surface area (Å²) in [5.41, 5.74) is 1.18. The molecule has 0 atom stereocenters. The summed E-state index contributed by atoms with van der Waals surface area (Å²) in [4.78, 5) is 12.2. The Morgan fingerprint density at radius 1 is 1.16 bits per heavy atom. The molecule has 0 bridgehead atoms. The molecule has 25 heavy (non-hydrogen) atoms. The second kappa shape index (κ2) is 6.87. The van der Waals surface area contributed by atoms with Crippen LogP contribution in [-0.4, -0.2) is 25.5 Å². The van der Waals surface area contributed by atoms with Crippen LogP contribution in [0.5, 0.6) is 0 Å². The number of nitrogens with one attached hydrogen (secondary N) is 2. The van der Waals surface area contributed by atoms with E-state index in [0.717, 1.165) is 25.7 Å². The van der Waals surface area contributed by atoms with Crippen molar-refractivity contribution in [1.29, 1.82) is 0 Å². The first-order valence-corrected chi connectivity index (χ1v) is 9.72. The third-order valence-electron chi connectivity index (χ3n) is 4.33. The van der Waals surface area contributed by atoms with Crippen molar-refractivity contribution in [3.05, 3.63) is 41.3 Å². The van der Waals surface area contributed by atoms with Gasteiger partial charge in [-0.05, 0) is 51.0 Å². The molecule has 1 amide bonds. The van der Waals surface area contributed by atoms with Crippen molar-refractivity contribution >= 4 is 21.6 Å². The summed E-state index contributed by atoms with van der Waals surface area (Å²) in [6.07, 6.45) is 4.32. The van der Waals surface area contributed by atoms with Crippen molar-refractivity contribution in [3.63, 3.8) is 0 Å². The summed E-state index contributed by atoms with van der Waals surface area (Å²) in [6.45, 7) is 3.12. The first kappa shape index (κ1) is 17.5. The van der Waals surface area contributed by atoms with Gasteiger partial charge in [0.1, 0.15) is 5.69 Å². The number of aromatic nitrogens is 1. The summed E-state index contributed by atoms with van der Waals surface area (Å²) in [5.74, 6) is 0.101. The second-order valence-corrected chi connectivity index (χ2v) is 7.91. The number of anilines is 1. The molecule has 2 N–H and O–H groups in total. The first-order valence-electron chi connectivity index (χ1n) is 8.23. The van der Waals surface area contributed by atoms with Gasteiger partial charge in [0.2, 0.25) is 0 Å². The van der Waals surface area contributed by atoms with Crippen molar-refractivity contribution in [2.75, 3.05) is 4.72 Å². The lowest BCUT2D eigenvalue weighted by Gasteiger charge is -2.12. The average Bonchev–Trinajstić information content (AvgIpc) is 3.17. The molecule has 1 fully saturated rings. The van der Waals surface area contributed by atoms with Crippen molar-refractivity contribution < 1.29 is 17.7 Å². The van der Waals surface area contributed by atoms with Gasteiger partial charge < -0.3 is 9.84 Å². The zero-order valence-corrected chi connectivity index (χ0v) is 15.0. The highest BCUT2D eigenvalue weighted by molar-refractivity contribution is 7.92. The van der Waals surface area contributed by atoms with Crippen LogP contribution in [0.1, 0.15) is 47.5 Å². The Labute approximate surface area is 146 Å². The summed E-state index contributed by atoms with van der Waals surface area (Å²) >= 11 is 0. The van der Waals surface area contributed by atoms with Gasteiger partial charge in [0.25, 0.3) is 15.9 Å². The number of carbonyl (C=O) groups excluding carboxylic acids is 1. The third-order valence-corrected chi connectivity index (χ3v) is 5.95. The molecule has 0 unspecified atom stereocenters. The van der Waals surface area contributed by atoms with Crippen molar-refractivity contribution in [1.82, 2.24) is 10.5 Å². The Bertz CT molecular complexity index is 846. The maximum absolute atomic E-state index is 12.5. The molecule has 134 valence electrons. The fraction of sp³-hybridized carbons (Fsp3) is 0.412. The number of hydrogen-bond acceptors (Lipinski definition) is 5. The molecule has 0 saturated heterocycles. The highest BCUT2D eigenvalue weighted by atomic mass is 32.2. The minimum absolute atomic E-state index is 0.0375. The minimum atomic E-state index is -3.79. The van der Waals surface area contributed by atoms with E-state index in [9.17, 15) is 13.2 Å². The summed E-state index contributed by atoms with van der Waals surface area (Å²) in [5, 5.41) is 6.66. The molecular formula is C17H21N3O4S. The highest BCUT2D eigenvalue weighted by Crippen LogP contribution is 2.23. The molecule has 0 spiro atoms. The van der Waals surface area contributed by atoms with Gasteiger partial charge in [-0.25, -0.2) is 8.42 Å². The minimum Gasteiger partial charge on any atom is -0.360 e. The molecule has 8 heteroatoms. The van der Waals surface area contributed by atoms with E-state index in [4.69, 9.17) is 4.52 Å². The van der Waals surface area contributed by atoms with Crippen molar-refractivity contribution in [2.45, 2.75) is 50.5 Å². The lowest BCUT2D eigenvalue weighted by atomic mass is 10.1. The largest absolute Gasteiger partial charge is 0.360 e. The zero-order valence-electron chi connectivity index (χ0n) is 14.2. The van der Waals surface area contributed by atoms with Crippen LogP contribution in [0.3, 0.4) is 0 Å². The van der Waals surface area contributed by atoms with E-state index in [1.165, 1.54) is 0 Å². The standard InChI is InChI=1S/C17H21N3O4S/c1-11-16(12(2)24-19-11)25(22,23)20-15-9-7-13(8-10-15)17(21)18-14-5-3-4-6-14/h7-10,14,20H,3-6H2,1-2H3,(H,18,21). The van der Waals surface area contributed by atoms with Gasteiger partial charge in [-0.2, -0.15) is 0 Å². The van der Waals surface area contributed by atoms with Gasteiger partial charge in [-0.3, -0.25) is 9.52 Å². The van der Waals surface area contributed by atoms with Crippen molar-refractivity contribution in [3.8, 4) is 0 Å². The molecule has 1 saturated carbocycles. The predicted molar refractivity (Wildman–Crippen MR) is 92.9 cm³/mol. The Morgan fingerprint density at radius 3 is 2.36 bits per heavy atom. The Morgan fingerprint density at radius 2 is 1.80 bits per heavy atom. The van der Waals surface area contributed by atoms with Crippen LogP contribution >= 0.6 is 0 Å². The lowest BCUT2D eigenvalue weighted by Crippen LogP contribution is -2.32. The van der Waals surface area contributed by atoms with E-state index < -0.39 is 10.0 Å². The monoisotopic (exact) mass is 363 g/mol. The highest BCUT2D eigenvalue weighted by Gasteiger charge is 2.24. The second-order valence-electron chi connectivity index (χ2n) is 6.29. The van der Waals surface area contributed by atoms with E-state index in [1.54, 1.807) is 38.1 Å². The van der Waals surface area contributed by atoms with Crippen LogP contribution in [0.2, 0.25) is 0 Å². The van der Waals surface area contributed by atoms with E-state index in [2.05, 4.69) is 15.2 Å². The number of carbonyl (C=O) groups is 1. The smallest absolute Gasteiger partial charge is 0.267 e. The Balaban J connectivity index is 1.71. The third kappa shape index (κ3) is 3.84. The topological polar surface area (TPSA) is 101 Å².